The summed E-state index contributed by atoms with van der Waals surface area (Å²) in [5.74, 6) is 1.48. The molecule has 5 heterocycles. The van der Waals surface area contributed by atoms with E-state index in [0.717, 1.165) is 56.9 Å². The van der Waals surface area contributed by atoms with Crippen molar-refractivity contribution in [2.75, 3.05) is 26.3 Å². The van der Waals surface area contributed by atoms with Crippen molar-refractivity contribution >= 4 is 0 Å². The minimum Gasteiger partial charge on any atom is -0.380 e. The standard InChI is InChI=1S/C18H22N4O3/c1-11-7-14(23)15(13-3-2-5-22(11)13)16-20-17(25-21-16)18-9-19-8-12(18)4-6-24-10-18/h7,12,19H,2-6,8-10H2,1H3/t12-,18+/m1/s1. The summed E-state index contributed by atoms with van der Waals surface area (Å²) in [6, 6.07) is 1.68. The van der Waals surface area contributed by atoms with E-state index in [2.05, 4.69) is 15.0 Å². The highest BCUT2D eigenvalue weighted by atomic mass is 16.5. The van der Waals surface area contributed by atoms with E-state index in [4.69, 9.17) is 14.2 Å². The lowest BCUT2D eigenvalue weighted by molar-refractivity contribution is 0.00198. The van der Waals surface area contributed by atoms with Gasteiger partial charge in [0.1, 0.15) is 0 Å². The van der Waals surface area contributed by atoms with Gasteiger partial charge in [0.15, 0.2) is 5.43 Å². The molecule has 2 fully saturated rings. The number of nitrogens with zero attached hydrogens (tertiary/aromatic N) is 3. The smallest absolute Gasteiger partial charge is 0.237 e. The number of fused-ring (bicyclic) bond motifs is 2. The second-order valence-electron chi connectivity index (χ2n) is 7.48. The van der Waals surface area contributed by atoms with Crippen molar-refractivity contribution in [2.24, 2.45) is 5.92 Å². The first-order valence-electron chi connectivity index (χ1n) is 9.05. The van der Waals surface area contributed by atoms with E-state index in [1.807, 2.05) is 6.92 Å². The summed E-state index contributed by atoms with van der Waals surface area (Å²) in [7, 11) is 0. The SMILES string of the molecule is Cc1cc(=O)c(-c2noc([C@]34CNC[C@H]3CCOC4)n2)c2n1CCC2. The summed E-state index contributed by atoms with van der Waals surface area (Å²) in [5.41, 5.74) is 2.37. The van der Waals surface area contributed by atoms with Crippen LogP contribution in [-0.4, -0.2) is 41.0 Å². The molecule has 0 aliphatic carbocycles. The van der Waals surface area contributed by atoms with E-state index in [1.165, 1.54) is 0 Å². The Labute approximate surface area is 145 Å². The van der Waals surface area contributed by atoms with E-state index < -0.39 is 0 Å². The van der Waals surface area contributed by atoms with E-state index in [-0.39, 0.29) is 10.8 Å². The Morgan fingerprint density at radius 1 is 1.44 bits per heavy atom. The Bertz CT molecular complexity index is 887. The maximum atomic E-state index is 12.6. The van der Waals surface area contributed by atoms with Gasteiger partial charge in [0.25, 0.3) is 0 Å². The third kappa shape index (κ3) is 2.15. The molecule has 1 N–H and O–H groups in total. The number of hydrogen-bond donors (Lipinski definition) is 1. The number of nitrogens with one attached hydrogen (secondary N) is 1. The quantitative estimate of drug-likeness (QED) is 0.878. The monoisotopic (exact) mass is 342 g/mol. The molecule has 0 bridgehead atoms. The number of pyridine rings is 1. The molecular formula is C18H22N4O3. The van der Waals surface area contributed by atoms with Crippen molar-refractivity contribution in [1.82, 2.24) is 20.0 Å². The van der Waals surface area contributed by atoms with Gasteiger partial charge in [-0.3, -0.25) is 4.79 Å². The minimum atomic E-state index is -0.256. The van der Waals surface area contributed by atoms with E-state index in [0.29, 0.717) is 29.8 Å². The molecule has 0 spiro atoms. The van der Waals surface area contributed by atoms with Crippen LogP contribution in [0.25, 0.3) is 11.4 Å². The van der Waals surface area contributed by atoms with E-state index in [9.17, 15) is 4.79 Å². The predicted molar refractivity (Wildman–Crippen MR) is 90.5 cm³/mol. The molecule has 0 amide bonds. The van der Waals surface area contributed by atoms with Crippen molar-refractivity contribution in [2.45, 2.75) is 38.1 Å². The maximum Gasteiger partial charge on any atom is 0.237 e. The molecule has 2 aromatic heterocycles. The first-order valence-corrected chi connectivity index (χ1v) is 9.05. The number of rotatable bonds is 2. The minimum absolute atomic E-state index is 0.0171. The topological polar surface area (TPSA) is 82.2 Å². The van der Waals surface area contributed by atoms with E-state index in [1.54, 1.807) is 6.07 Å². The van der Waals surface area contributed by atoms with Crippen LogP contribution in [0.1, 0.15) is 30.1 Å². The Morgan fingerprint density at radius 3 is 3.28 bits per heavy atom. The van der Waals surface area contributed by atoms with Gasteiger partial charge in [-0.25, -0.2) is 0 Å². The first kappa shape index (κ1) is 15.3. The average molecular weight is 342 g/mol. The van der Waals surface area contributed by atoms with Crippen molar-refractivity contribution in [3.63, 3.8) is 0 Å². The largest absolute Gasteiger partial charge is 0.380 e. The molecule has 0 radical (unpaired) electrons. The van der Waals surface area contributed by atoms with Gasteiger partial charge in [0, 0.05) is 37.2 Å². The van der Waals surface area contributed by atoms with Crippen molar-refractivity contribution in [3.8, 4) is 11.4 Å². The second kappa shape index (κ2) is 5.51. The zero-order chi connectivity index (χ0) is 17.0. The molecule has 2 atom stereocenters. The Hall–Kier alpha value is -1.99. The van der Waals surface area contributed by atoms with Gasteiger partial charge in [0.05, 0.1) is 17.6 Å². The zero-order valence-electron chi connectivity index (χ0n) is 14.4. The Morgan fingerprint density at radius 2 is 2.36 bits per heavy atom. The Kier molecular flexibility index (Phi) is 3.36. The summed E-state index contributed by atoms with van der Waals surface area (Å²) >= 11 is 0. The van der Waals surface area contributed by atoms with Crippen LogP contribution in [0.4, 0.5) is 0 Å². The molecule has 7 heteroatoms. The van der Waals surface area contributed by atoms with Gasteiger partial charge in [-0.2, -0.15) is 4.98 Å². The molecule has 5 rings (SSSR count). The molecule has 0 aromatic carbocycles. The van der Waals surface area contributed by atoms with Crippen LogP contribution in [0, 0.1) is 12.8 Å². The fourth-order valence-corrected chi connectivity index (χ4v) is 4.72. The summed E-state index contributed by atoms with van der Waals surface area (Å²) in [6.45, 7) is 6.03. The molecule has 3 aliphatic heterocycles. The number of ether oxygens (including phenoxy) is 1. The van der Waals surface area contributed by atoms with Gasteiger partial charge in [-0.05, 0) is 38.6 Å². The average Bonchev–Trinajstić information content (AvgIpc) is 3.34. The lowest BCUT2D eigenvalue weighted by Gasteiger charge is -2.34. The van der Waals surface area contributed by atoms with Crippen LogP contribution >= 0.6 is 0 Å². The van der Waals surface area contributed by atoms with Crippen LogP contribution in [0.2, 0.25) is 0 Å². The van der Waals surface area contributed by atoms with Gasteiger partial charge in [-0.1, -0.05) is 5.16 Å². The van der Waals surface area contributed by atoms with Gasteiger partial charge in [-0.15, -0.1) is 0 Å². The zero-order valence-corrected chi connectivity index (χ0v) is 14.4. The molecule has 2 aromatic rings. The van der Waals surface area contributed by atoms with Gasteiger partial charge >= 0.3 is 0 Å². The van der Waals surface area contributed by atoms with Crippen LogP contribution in [0.3, 0.4) is 0 Å². The molecule has 3 aliphatic rings. The van der Waals surface area contributed by atoms with Gasteiger partial charge in [0.2, 0.25) is 11.7 Å². The fourth-order valence-electron chi connectivity index (χ4n) is 4.72. The molecular weight excluding hydrogens is 320 g/mol. The maximum absolute atomic E-state index is 12.6. The molecule has 7 nitrogen and oxygen atoms in total. The number of hydrogen-bond acceptors (Lipinski definition) is 6. The third-order valence-electron chi connectivity index (χ3n) is 6.08. The van der Waals surface area contributed by atoms with Crippen LogP contribution in [-0.2, 0) is 23.1 Å². The summed E-state index contributed by atoms with van der Waals surface area (Å²) < 4.78 is 13.6. The molecule has 132 valence electrons. The molecule has 0 unspecified atom stereocenters. The highest BCUT2D eigenvalue weighted by Crippen LogP contribution is 2.40. The number of aromatic nitrogens is 3. The first-order chi connectivity index (χ1) is 12.2. The Balaban J connectivity index is 1.61. The normalized spacial score (nSPS) is 28.1. The van der Waals surface area contributed by atoms with Crippen LogP contribution in [0.5, 0.6) is 0 Å². The summed E-state index contributed by atoms with van der Waals surface area (Å²) in [4.78, 5) is 17.3. The summed E-state index contributed by atoms with van der Waals surface area (Å²) in [6.07, 6.45) is 2.92. The molecule has 2 saturated heterocycles. The summed E-state index contributed by atoms with van der Waals surface area (Å²) in [5, 5.41) is 7.64. The molecule has 25 heavy (non-hydrogen) atoms. The molecule has 0 saturated carbocycles. The highest BCUT2D eigenvalue weighted by molar-refractivity contribution is 5.59. The third-order valence-corrected chi connectivity index (χ3v) is 6.08. The van der Waals surface area contributed by atoms with Gasteiger partial charge < -0.3 is 19.1 Å². The number of aryl methyl sites for hydroxylation is 1. The fraction of sp³-hybridized carbons (Fsp3) is 0.611. The van der Waals surface area contributed by atoms with Crippen molar-refractivity contribution < 1.29 is 9.26 Å². The van der Waals surface area contributed by atoms with Crippen molar-refractivity contribution in [1.29, 1.82) is 0 Å². The lowest BCUT2D eigenvalue weighted by Crippen LogP contribution is -2.44. The van der Waals surface area contributed by atoms with E-state index >= 15 is 0 Å². The predicted octanol–water partition coefficient (Wildman–Crippen LogP) is 1.03. The second-order valence-corrected chi connectivity index (χ2v) is 7.48. The van der Waals surface area contributed by atoms with Crippen LogP contribution in [0.15, 0.2) is 15.4 Å². The lowest BCUT2D eigenvalue weighted by atomic mass is 9.75. The highest BCUT2D eigenvalue weighted by Gasteiger charge is 2.50. The van der Waals surface area contributed by atoms with Crippen LogP contribution < -0.4 is 10.7 Å². The van der Waals surface area contributed by atoms with Crippen molar-refractivity contribution in [3.05, 3.63) is 33.6 Å².